The summed E-state index contributed by atoms with van der Waals surface area (Å²) in [6.07, 6.45) is 0.967. The number of amides is 1. The molecular weight excluding hydrogens is 548 g/mol. The second-order valence-electron chi connectivity index (χ2n) is 8.31. The van der Waals surface area contributed by atoms with Crippen LogP contribution in [0.15, 0.2) is 47.4 Å². The number of thiazole rings is 1. The molecule has 0 saturated carbocycles. The van der Waals surface area contributed by atoms with E-state index in [1.165, 1.54) is 23.5 Å². The van der Waals surface area contributed by atoms with E-state index in [4.69, 9.17) is 16.3 Å². The molecule has 36 heavy (non-hydrogen) atoms. The Balaban J connectivity index is 0.00000361. The highest BCUT2D eigenvalue weighted by Crippen LogP contribution is 2.33. The number of carbonyl (C=O) groups is 1. The summed E-state index contributed by atoms with van der Waals surface area (Å²) < 4.78 is 44.6. The minimum absolute atomic E-state index is 0. The Bertz CT molecular complexity index is 1270. The Labute approximate surface area is 225 Å². The number of fused-ring (bicyclic) bond motifs is 1. The van der Waals surface area contributed by atoms with Crippen LogP contribution in [0, 0.1) is 5.82 Å². The second kappa shape index (κ2) is 13.1. The van der Waals surface area contributed by atoms with Crippen molar-refractivity contribution in [3.8, 4) is 0 Å². The minimum Gasteiger partial charge on any atom is -0.379 e. The molecule has 1 fully saturated rings. The van der Waals surface area contributed by atoms with Crippen molar-refractivity contribution in [1.82, 2.24) is 9.88 Å². The summed E-state index contributed by atoms with van der Waals surface area (Å²) in [4.78, 5) is 21.8. The van der Waals surface area contributed by atoms with Crippen LogP contribution >= 0.6 is 35.3 Å². The third-order valence-electron chi connectivity index (χ3n) is 5.83. The molecule has 1 aromatic heterocycles. The second-order valence-corrected chi connectivity index (χ2v) is 11.8. The van der Waals surface area contributed by atoms with Gasteiger partial charge in [-0.2, -0.15) is 0 Å². The van der Waals surface area contributed by atoms with Gasteiger partial charge in [0.25, 0.3) is 0 Å². The maximum absolute atomic E-state index is 13.2. The fourth-order valence-electron chi connectivity index (χ4n) is 3.93. The van der Waals surface area contributed by atoms with Gasteiger partial charge in [-0.1, -0.05) is 29.0 Å². The van der Waals surface area contributed by atoms with Gasteiger partial charge < -0.3 is 4.74 Å². The van der Waals surface area contributed by atoms with Gasteiger partial charge in [0, 0.05) is 32.6 Å². The van der Waals surface area contributed by atoms with E-state index in [1.54, 1.807) is 11.0 Å². The highest BCUT2D eigenvalue weighted by atomic mass is 35.5. The molecule has 7 nitrogen and oxygen atoms in total. The molecule has 0 bridgehead atoms. The number of benzene rings is 2. The van der Waals surface area contributed by atoms with Crippen LogP contribution in [0.5, 0.6) is 0 Å². The summed E-state index contributed by atoms with van der Waals surface area (Å²) >= 11 is 7.69. The number of para-hydroxylation sites is 1. The van der Waals surface area contributed by atoms with Gasteiger partial charge in [-0.05, 0) is 49.2 Å². The summed E-state index contributed by atoms with van der Waals surface area (Å²) in [5, 5.41) is 1.08. The van der Waals surface area contributed by atoms with Gasteiger partial charge in [0.2, 0.25) is 5.91 Å². The highest BCUT2D eigenvalue weighted by Gasteiger charge is 2.22. The SMILES string of the molecule is Cl.O=C(CCCS(=O)(=O)c1ccc(F)cc1)N(CCCN1CCOCC1)c1nc2c(Cl)cccc2s1. The van der Waals surface area contributed by atoms with Crippen LogP contribution in [-0.2, 0) is 19.4 Å². The molecule has 0 unspecified atom stereocenters. The molecule has 0 radical (unpaired) electrons. The summed E-state index contributed by atoms with van der Waals surface area (Å²) in [5.74, 6) is -0.878. The van der Waals surface area contributed by atoms with Crippen molar-refractivity contribution < 1.29 is 22.3 Å². The quantitative estimate of drug-likeness (QED) is 0.322. The number of hydrogen-bond donors (Lipinski definition) is 0. The lowest BCUT2D eigenvalue weighted by atomic mass is 10.2. The first-order valence-electron chi connectivity index (χ1n) is 11.5. The molecule has 12 heteroatoms. The van der Waals surface area contributed by atoms with Gasteiger partial charge in [-0.15, -0.1) is 12.4 Å². The highest BCUT2D eigenvalue weighted by molar-refractivity contribution is 7.91. The van der Waals surface area contributed by atoms with Gasteiger partial charge in [0.1, 0.15) is 11.3 Å². The van der Waals surface area contributed by atoms with E-state index >= 15 is 0 Å². The van der Waals surface area contributed by atoms with Gasteiger partial charge in [-0.25, -0.2) is 17.8 Å². The zero-order valence-corrected chi connectivity index (χ0v) is 22.8. The largest absolute Gasteiger partial charge is 0.379 e. The van der Waals surface area contributed by atoms with Crippen LogP contribution in [0.3, 0.4) is 0 Å². The molecule has 0 aliphatic carbocycles. The summed E-state index contributed by atoms with van der Waals surface area (Å²) in [6, 6.07) is 10.2. The predicted octanol–water partition coefficient (Wildman–Crippen LogP) is 4.82. The third kappa shape index (κ3) is 7.36. The number of halogens is 3. The number of rotatable bonds is 10. The lowest BCUT2D eigenvalue weighted by Gasteiger charge is -2.27. The Kier molecular flexibility index (Phi) is 10.5. The van der Waals surface area contributed by atoms with Crippen LogP contribution in [0.4, 0.5) is 9.52 Å². The fourth-order valence-corrected chi connectivity index (χ4v) is 6.55. The molecule has 196 valence electrons. The Morgan fingerprint density at radius 1 is 1.14 bits per heavy atom. The molecule has 4 rings (SSSR count). The topological polar surface area (TPSA) is 79.8 Å². The molecule has 1 amide bonds. The molecule has 1 saturated heterocycles. The number of morpholine rings is 1. The molecule has 1 aliphatic heterocycles. The predicted molar refractivity (Wildman–Crippen MR) is 144 cm³/mol. The van der Waals surface area contributed by atoms with Crippen molar-refractivity contribution in [2.24, 2.45) is 0 Å². The summed E-state index contributed by atoms with van der Waals surface area (Å²) in [7, 11) is -3.61. The third-order valence-corrected chi connectivity index (χ3v) is 8.99. The van der Waals surface area contributed by atoms with E-state index in [-0.39, 0.29) is 41.8 Å². The lowest BCUT2D eigenvalue weighted by Crippen LogP contribution is -2.39. The van der Waals surface area contributed by atoms with E-state index in [0.29, 0.717) is 35.4 Å². The van der Waals surface area contributed by atoms with Gasteiger partial charge in [0.05, 0.1) is 33.6 Å². The van der Waals surface area contributed by atoms with E-state index in [1.807, 2.05) is 12.1 Å². The monoisotopic (exact) mass is 575 g/mol. The van der Waals surface area contributed by atoms with E-state index in [2.05, 4.69) is 9.88 Å². The smallest absolute Gasteiger partial charge is 0.228 e. The molecule has 1 aliphatic rings. The fraction of sp³-hybridized carbons (Fsp3) is 0.417. The standard InChI is InChI=1S/C24H27ClFN3O4S2.ClH/c25-20-4-1-5-21-23(20)27-24(34-21)29(12-3-11-28-13-15-33-16-14-28)22(30)6-2-17-35(31,32)19-9-7-18(26)8-10-19;/h1,4-5,7-10H,2-3,6,11-17H2;1H. The van der Waals surface area contributed by atoms with Crippen LogP contribution < -0.4 is 4.90 Å². The first kappa shape index (κ1) is 28.7. The number of sulfone groups is 1. The molecule has 0 N–H and O–H groups in total. The maximum atomic E-state index is 13.2. The van der Waals surface area contributed by atoms with E-state index in [9.17, 15) is 17.6 Å². The van der Waals surface area contributed by atoms with Gasteiger partial charge in [-0.3, -0.25) is 14.6 Å². The van der Waals surface area contributed by atoms with E-state index in [0.717, 1.165) is 42.9 Å². The molecule has 0 atom stereocenters. The van der Waals surface area contributed by atoms with Crippen molar-refractivity contribution >= 4 is 66.4 Å². The molecule has 2 heterocycles. The molecular formula is C24H28Cl2FN3O4S2. The van der Waals surface area contributed by atoms with Crippen molar-refractivity contribution in [2.75, 3.05) is 50.0 Å². The van der Waals surface area contributed by atoms with Gasteiger partial charge in [0.15, 0.2) is 15.0 Å². The molecule has 3 aromatic rings. The van der Waals surface area contributed by atoms with Crippen molar-refractivity contribution in [3.63, 3.8) is 0 Å². The first-order valence-corrected chi connectivity index (χ1v) is 14.3. The molecule has 2 aromatic carbocycles. The Morgan fingerprint density at radius 3 is 2.56 bits per heavy atom. The van der Waals surface area contributed by atoms with Crippen LogP contribution in [-0.4, -0.2) is 69.4 Å². The number of aromatic nitrogens is 1. The van der Waals surface area contributed by atoms with E-state index < -0.39 is 15.7 Å². The maximum Gasteiger partial charge on any atom is 0.228 e. The zero-order valence-electron chi connectivity index (χ0n) is 19.6. The number of anilines is 1. The van der Waals surface area contributed by atoms with Gasteiger partial charge >= 0.3 is 0 Å². The number of ether oxygens (including phenoxy) is 1. The average molecular weight is 577 g/mol. The van der Waals surface area contributed by atoms with Crippen molar-refractivity contribution in [3.05, 3.63) is 53.3 Å². The van der Waals surface area contributed by atoms with Crippen LogP contribution in [0.1, 0.15) is 19.3 Å². The molecule has 0 spiro atoms. The summed E-state index contributed by atoms with van der Waals surface area (Å²) in [6.45, 7) is 4.46. The van der Waals surface area contributed by atoms with Crippen LogP contribution in [0.25, 0.3) is 10.2 Å². The Hall–Kier alpha value is -1.82. The zero-order chi connectivity index (χ0) is 24.8. The first-order chi connectivity index (χ1) is 16.8. The van der Waals surface area contributed by atoms with Crippen molar-refractivity contribution in [2.45, 2.75) is 24.2 Å². The van der Waals surface area contributed by atoms with Crippen LogP contribution in [0.2, 0.25) is 5.02 Å². The number of carbonyl (C=O) groups excluding carboxylic acids is 1. The number of nitrogens with zero attached hydrogens (tertiary/aromatic N) is 3. The normalized spacial score (nSPS) is 14.5. The Morgan fingerprint density at radius 2 is 1.86 bits per heavy atom. The average Bonchev–Trinajstić information content (AvgIpc) is 3.28. The minimum atomic E-state index is -3.61. The lowest BCUT2D eigenvalue weighted by molar-refractivity contribution is -0.118. The summed E-state index contributed by atoms with van der Waals surface area (Å²) in [5.41, 5.74) is 0.652. The number of hydrogen-bond acceptors (Lipinski definition) is 7. The van der Waals surface area contributed by atoms with Crippen molar-refractivity contribution in [1.29, 1.82) is 0 Å².